The fourth-order valence-corrected chi connectivity index (χ4v) is 1.87. The van der Waals surface area contributed by atoms with Gasteiger partial charge in [-0.25, -0.2) is 14.0 Å². The van der Waals surface area contributed by atoms with Crippen LogP contribution in [0.5, 0.6) is 0 Å². The first-order chi connectivity index (χ1) is 10.6. The lowest BCUT2D eigenvalue weighted by Crippen LogP contribution is -2.56. The summed E-state index contributed by atoms with van der Waals surface area (Å²) in [5.41, 5.74) is -2.48. The number of aryl methyl sites for hydroxylation is 1. The molecule has 1 atom stereocenters. The van der Waals surface area contributed by atoms with Gasteiger partial charge in [-0.3, -0.25) is 5.32 Å². The second-order valence-electron chi connectivity index (χ2n) is 6.11. The van der Waals surface area contributed by atoms with Crippen LogP contribution in [-0.4, -0.2) is 35.6 Å². The minimum atomic E-state index is -2.26. The Morgan fingerprint density at radius 1 is 1.30 bits per heavy atom. The van der Waals surface area contributed by atoms with Crippen molar-refractivity contribution < 1.29 is 28.6 Å². The molecule has 1 aromatic rings. The Morgan fingerprint density at radius 2 is 1.96 bits per heavy atom. The molecule has 0 unspecified atom stereocenters. The molecule has 2 N–H and O–H groups in total. The minimum absolute atomic E-state index is 0.152. The summed E-state index contributed by atoms with van der Waals surface area (Å²) >= 11 is 0. The van der Waals surface area contributed by atoms with Crippen molar-refractivity contribution in [1.82, 2.24) is 5.32 Å². The third kappa shape index (κ3) is 6.23. The number of methoxy groups -OCH3 is 1. The molecule has 0 saturated heterocycles. The molecule has 6 nitrogen and oxygen atoms in total. The van der Waals surface area contributed by atoms with Gasteiger partial charge in [-0.05, 0) is 44.9 Å². The van der Waals surface area contributed by atoms with Crippen molar-refractivity contribution in [3.8, 4) is 0 Å². The van der Waals surface area contributed by atoms with E-state index in [0.29, 0.717) is 5.56 Å². The standard InChI is InChI=1S/C16H22FNO5/c1-15(2,3)23-14(20)18-16(21,13(19)22-4)9-8-11-6-5-7-12(17)10-11/h5-7,10,21H,8-9H2,1-4H3,(H,18,20)/t16-/m1/s1. The largest absolute Gasteiger partial charge is 0.465 e. The zero-order chi connectivity index (χ0) is 17.7. The monoisotopic (exact) mass is 327 g/mol. The van der Waals surface area contributed by atoms with Gasteiger partial charge < -0.3 is 14.6 Å². The number of halogens is 1. The highest BCUT2D eigenvalue weighted by Crippen LogP contribution is 2.16. The number of benzene rings is 1. The van der Waals surface area contributed by atoms with Crippen molar-refractivity contribution in [3.05, 3.63) is 35.6 Å². The summed E-state index contributed by atoms with van der Waals surface area (Å²) in [7, 11) is 1.09. The van der Waals surface area contributed by atoms with Gasteiger partial charge in [-0.15, -0.1) is 0 Å². The number of amides is 1. The van der Waals surface area contributed by atoms with Gasteiger partial charge in [-0.2, -0.15) is 0 Å². The van der Waals surface area contributed by atoms with Crippen molar-refractivity contribution in [1.29, 1.82) is 0 Å². The van der Waals surface area contributed by atoms with E-state index in [-0.39, 0.29) is 12.8 Å². The average Bonchev–Trinajstić information content (AvgIpc) is 2.42. The molecule has 0 bridgehead atoms. The predicted octanol–water partition coefficient (Wildman–Crippen LogP) is 2.14. The maximum absolute atomic E-state index is 13.2. The van der Waals surface area contributed by atoms with Crippen molar-refractivity contribution >= 4 is 12.1 Å². The summed E-state index contributed by atoms with van der Waals surface area (Å²) in [5, 5.41) is 12.5. The molecule has 0 saturated carbocycles. The van der Waals surface area contributed by atoms with Crippen LogP contribution >= 0.6 is 0 Å². The van der Waals surface area contributed by atoms with E-state index >= 15 is 0 Å². The van der Waals surface area contributed by atoms with E-state index in [1.54, 1.807) is 26.8 Å². The molecule has 0 radical (unpaired) electrons. The van der Waals surface area contributed by atoms with E-state index in [0.717, 1.165) is 7.11 Å². The van der Waals surface area contributed by atoms with Crippen molar-refractivity contribution in [3.63, 3.8) is 0 Å². The van der Waals surface area contributed by atoms with Gasteiger partial charge in [0.05, 0.1) is 7.11 Å². The fourth-order valence-electron chi connectivity index (χ4n) is 1.87. The summed E-state index contributed by atoms with van der Waals surface area (Å²) in [6, 6.07) is 5.73. The molecule has 1 rings (SSSR count). The Kier molecular flexibility index (Phi) is 6.09. The molecule has 0 aromatic heterocycles. The van der Waals surface area contributed by atoms with Crippen LogP contribution in [0.1, 0.15) is 32.8 Å². The number of ether oxygens (including phenoxy) is 2. The molecule has 0 aliphatic heterocycles. The second kappa shape index (κ2) is 7.41. The molecule has 0 heterocycles. The first kappa shape index (κ1) is 18.9. The molecular formula is C16H22FNO5. The van der Waals surface area contributed by atoms with Gasteiger partial charge in [0.1, 0.15) is 11.4 Å². The third-order valence-electron chi connectivity index (χ3n) is 2.90. The van der Waals surface area contributed by atoms with Crippen LogP contribution in [0.25, 0.3) is 0 Å². The summed E-state index contributed by atoms with van der Waals surface area (Å²) in [6.45, 7) is 4.95. The van der Waals surface area contributed by atoms with Gasteiger partial charge >= 0.3 is 12.1 Å². The number of aliphatic hydroxyl groups is 1. The summed E-state index contributed by atoms with van der Waals surface area (Å²) in [6.07, 6.45) is -0.994. The van der Waals surface area contributed by atoms with Crippen molar-refractivity contribution in [2.24, 2.45) is 0 Å². The highest BCUT2D eigenvalue weighted by molar-refractivity contribution is 5.83. The van der Waals surface area contributed by atoms with Crippen LogP contribution in [-0.2, 0) is 20.7 Å². The quantitative estimate of drug-likeness (QED) is 0.639. The Bertz CT molecular complexity index is 570. The highest BCUT2D eigenvalue weighted by Gasteiger charge is 2.40. The lowest BCUT2D eigenvalue weighted by molar-refractivity contribution is -0.166. The third-order valence-corrected chi connectivity index (χ3v) is 2.90. The number of rotatable bonds is 5. The van der Waals surface area contributed by atoms with Crippen LogP contribution < -0.4 is 5.32 Å². The molecule has 128 valence electrons. The predicted molar refractivity (Wildman–Crippen MR) is 81.1 cm³/mol. The molecule has 1 amide bonds. The molecule has 23 heavy (non-hydrogen) atoms. The van der Waals surface area contributed by atoms with Crippen LogP contribution in [0.4, 0.5) is 9.18 Å². The fraction of sp³-hybridized carbons (Fsp3) is 0.500. The lowest BCUT2D eigenvalue weighted by Gasteiger charge is -2.28. The Morgan fingerprint density at radius 3 is 2.48 bits per heavy atom. The Hall–Kier alpha value is -2.15. The molecule has 0 aliphatic carbocycles. The van der Waals surface area contributed by atoms with Crippen LogP contribution in [0, 0.1) is 5.82 Å². The topological polar surface area (TPSA) is 84.9 Å². The summed E-state index contributed by atoms with van der Waals surface area (Å²) in [5.74, 6) is -1.45. The van der Waals surface area contributed by atoms with Crippen LogP contribution in [0.2, 0.25) is 0 Å². The lowest BCUT2D eigenvalue weighted by atomic mass is 10.0. The number of carbonyl (C=O) groups excluding carboxylic acids is 2. The van der Waals surface area contributed by atoms with Gasteiger partial charge in [0, 0.05) is 6.42 Å². The number of hydrogen-bond donors (Lipinski definition) is 2. The maximum Gasteiger partial charge on any atom is 0.410 e. The molecule has 0 fully saturated rings. The number of nitrogens with one attached hydrogen (secondary N) is 1. The van der Waals surface area contributed by atoms with Gasteiger partial charge in [0.2, 0.25) is 5.72 Å². The first-order valence-corrected chi connectivity index (χ1v) is 7.12. The van der Waals surface area contributed by atoms with Crippen LogP contribution in [0.15, 0.2) is 24.3 Å². The number of alkyl carbamates (subject to hydrolysis) is 1. The maximum atomic E-state index is 13.2. The number of carbonyl (C=O) groups is 2. The highest BCUT2D eigenvalue weighted by atomic mass is 19.1. The molecule has 0 aliphatic rings. The second-order valence-corrected chi connectivity index (χ2v) is 6.11. The number of esters is 1. The Balaban J connectivity index is 2.82. The van der Waals surface area contributed by atoms with Crippen LogP contribution in [0.3, 0.4) is 0 Å². The SMILES string of the molecule is COC(=O)[C@](O)(CCc1cccc(F)c1)NC(=O)OC(C)(C)C. The van der Waals surface area contributed by atoms with E-state index in [1.807, 2.05) is 0 Å². The Labute approximate surface area is 134 Å². The first-order valence-electron chi connectivity index (χ1n) is 7.12. The molecule has 7 heteroatoms. The summed E-state index contributed by atoms with van der Waals surface area (Å²) < 4.78 is 22.7. The van der Waals surface area contributed by atoms with Gasteiger partial charge in [0.25, 0.3) is 0 Å². The van der Waals surface area contributed by atoms with E-state index in [1.165, 1.54) is 18.2 Å². The smallest absolute Gasteiger partial charge is 0.410 e. The normalized spacial score (nSPS) is 13.8. The van der Waals surface area contributed by atoms with E-state index < -0.39 is 29.2 Å². The van der Waals surface area contributed by atoms with Crippen molar-refractivity contribution in [2.75, 3.05) is 7.11 Å². The molecule has 1 aromatic carbocycles. The van der Waals surface area contributed by atoms with E-state index in [2.05, 4.69) is 10.1 Å². The van der Waals surface area contributed by atoms with Gasteiger partial charge in [-0.1, -0.05) is 12.1 Å². The minimum Gasteiger partial charge on any atom is -0.465 e. The van der Waals surface area contributed by atoms with Gasteiger partial charge in [0.15, 0.2) is 0 Å². The van der Waals surface area contributed by atoms with E-state index in [9.17, 15) is 19.1 Å². The number of hydrogen-bond acceptors (Lipinski definition) is 5. The average molecular weight is 327 g/mol. The summed E-state index contributed by atoms with van der Waals surface area (Å²) in [4.78, 5) is 23.6. The molecular weight excluding hydrogens is 305 g/mol. The zero-order valence-corrected chi connectivity index (χ0v) is 13.7. The molecule has 0 spiro atoms. The zero-order valence-electron chi connectivity index (χ0n) is 13.7. The van der Waals surface area contributed by atoms with E-state index in [4.69, 9.17) is 4.74 Å². The van der Waals surface area contributed by atoms with Crippen molar-refractivity contribution in [2.45, 2.75) is 44.9 Å².